The van der Waals surface area contributed by atoms with Crippen LogP contribution in [-0.2, 0) is 13.1 Å². The van der Waals surface area contributed by atoms with Crippen molar-refractivity contribution in [3.8, 4) is 17.0 Å². The van der Waals surface area contributed by atoms with Gasteiger partial charge in [0.1, 0.15) is 11.4 Å². The summed E-state index contributed by atoms with van der Waals surface area (Å²) in [6.07, 6.45) is 7.10. The van der Waals surface area contributed by atoms with Gasteiger partial charge in [-0.1, -0.05) is 41.9 Å². The van der Waals surface area contributed by atoms with Crippen LogP contribution in [0.3, 0.4) is 0 Å². The Bertz CT molecular complexity index is 1510. The minimum absolute atomic E-state index is 0.00817. The highest BCUT2D eigenvalue weighted by Gasteiger charge is 2.19. The van der Waals surface area contributed by atoms with Crippen LogP contribution in [-0.4, -0.2) is 37.5 Å². The third kappa shape index (κ3) is 5.92. The SMILES string of the molecule is CC(NCCn1cc(NCc2cnn3cccnc23)c(-c2cc(Cl)ccc2OC(F)F)n1)c1ccccc1. The number of ether oxygens (including phenoxy) is 1. The summed E-state index contributed by atoms with van der Waals surface area (Å²) in [5, 5.41) is 16.3. The number of fused-ring (bicyclic) bond motifs is 1. The van der Waals surface area contributed by atoms with Gasteiger partial charge in [0.2, 0.25) is 0 Å². The number of alkyl halides is 2. The molecule has 1 unspecified atom stereocenters. The van der Waals surface area contributed by atoms with E-state index in [9.17, 15) is 8.78 Å². The quantitative estimate of drug-likeness (QED) is 0.221. The van der Waals surface area contributed by atoms with Gasteiger partial charge in [-0.2, -0.15) is 19.0 Å². The van der Waals surface area contributed by atoms with Crippen molar-refractivity contribution in [2.24, 2.45) is 0 Å². The van der Waals surface area contributed by atoms with Crippen LogP contribution >= 0.6 is 11.6 Å². The molecule has 8 nitrogen and oxygen atoms in total. The predicted octanol–water partition coefficient (Wildman–Crippen LogP) is 5.81. The number of hydrogen-bond donors (Lipinski definition) is 2. The molecule has 0 saturated heterocycles. The Kier molecular flexibility index (Phi) is 7.81. The van der Waals surface area contributed by atoms with Crippen LogP contribution in [0.25, 0.3) is 16.9 Å². The molecule has 0 aliphatic carbocycles. The van der Waals surface area contributed by atoms with Crippen molar-refractivity contribution in [1.82, 2.24) is 29.7 Å². The molecule has 1 atom stereocenters. The van der Waals surface area contributed by atoms with Gasteiger partial charge in [0.25, 0.3) is 0 Å². The van der Waals surface area contributed by atoms with Gasteiger partial charge in [0, 0.05) is 53.9 Å². The van der Waals surface area contributed by atoms with E-state index < -0.39 is 6.61 Å². The van der Waals surface area contributed by atoms with Crippen molar-refractivity contribution in [3.05, 3.63) is 95.5 Å². The molecule has 0 aliphatic rings. The lowest BCUT2D eigenvalue weighted by molar-refractivity contribution is -0.0494. The van der Waals surface area contributed by atoms with Gasteiger partial charge in [0.15, 0.2) is 5.65 Å². The number of anilines is 1. The molecule has 5 rings (SSSR count). The first-order valence-electron chi connectivity index (χ1n) is 12.1. The Morgan fingerprint density at radius 1 is 1.11 bits per heavy atom. The first-order valence-corrected chi connectivity index (χ1v) is 12.5. The third-order valence-corrected chi connectivity index (χ3v) is 6.32. The van der Waals surface area contributed by atoms with Gasteiger partial charge in [-0.05, 0) is 36.8 Å². The van der Waals surface area contributed by atoms with Gasteiger partial charge < -0.3 is 15.4 Å². The smallest absolute Gasteiger partial charge is 0.387 e. The predicted molar refractivity (Wildman–Crippen MR) is 142 cm³/mol. The number of rotatable bonds is 11. The number of hydrogen-bond acceptors (Lipinski definition) is 6. The number of benzene rings is 2. The monoisotopic (exact) mass is 537 g/mol. The van der Waals surface area contributed by atoms with Crippen LogP contribution < -0.4 is 15.4 Å². The third-order valence-electron chi connectivity index (χ3n) is 6.09. The lowest BCUT2D eigenvalue weighted by Gasteiger charge is -2.14. The van der Waals surface area contributed by atoms with Gasteiger partial charge in [-0.15, -0.1) is 0 Å². The molecule has 3 aromatic heterocycles. The molecule has 0 saturated carbocycles. The van der Waals surface area contributed by atoms with E-state index in [1.807, 2.05) is 30.6 Å². The van der Waals surface area contributed by atoms with E-state index in [1.165, 1.54) is 17.7 Å². The van der Waals surface area contributed by atoms with Crippen LogP contribution in [0, 0.1) is 0 Å². The van der Waals surface area contributed by atoms with E-state index >= 15 is 0 Å². The number of halogens is 3. The Balaban J connectivity index is 1.40. The van der Waals surface area contributed by atoms with Crippen molar-refractivity contribution in [2.75, 3.05) is 11.9 Å². The van der Waals surface area contributed by atoms with Gasteiger partial charge in [-0.3, -0.25) is 4.68 Å². The number of nitrogens with one attached hydrogen (secondary N) is 2. The normalized spacial score (nSPS) is 12.2. The van der Waals surface area contributed by atoms with E-state index in [-0.39, 0.29) is 11.8 Å². The summed E-state index contributed by atoms with van der Waals surface area (Å²) < 4.78 is 34.6. The maximum atomic E-state index is 13.2. The molecule has 0 amide bonds. The molecular weight excluding hydrogens is 512 g/mol. The molecule has 5 aromatic rings. The molecule has 196 valence electrons. The van der Waals surface area contributed by atoms with Crippen molar-refractivity contribution in [3.63, 3.8) is 0 Å². The molecule has 3 heterocycles. The van der Waals surface area contributed by atoms with E-state index in [2.05, 4.69) is 39.8 Å². The largest absolute Gasteiger partial charge is 0.434 e. The molecule has 0 fully saturated rings. The lowest BCUT2D eigenvalue weighted by Crippen LogP contribution is -2.23. The maximum absolute atomic E-state index is 13.2. The van der Waals surface area contributed by atoms with Crippen LogP contribution in [0.15, 0.2) is 79.4 Å². The number of aromatic nitrogens is 5. The summed E-state index contributed by atoms with van der Waals surface area (Å²) >= 11 is 6.24. The standard InChI is InChI=1S/C27H26ClF2N7O/c1-18(19-6-3-2-4-7-19)31-11-13-36-17-23(33-15-20-16-34-37-12-5-10-32-26(20)37)25(35-36)22-14-21(28)8-9-24(22)38-27(29)30/h2-10,12,14,16-18,27,31,33H,11,13,15H2,1H3. The minimum atomic E-state index is -2.98. The average molecular weight is 538 g/mol. The fraction of sp³-hybridized carbons (Fsp3) is 0.222. The highest BCUT2D eigenvalue weighted by atomic mass is 35.5. The lowest BCUT2D eigenvalue weighted by atomic mass is 10.1. The fourth-order valence-electron chi connectivity index (χ4n) is 4.20. The summed E-state index contributed by atoms with van der Waals surface area (Å²) in [6.45, 7) is 0.706. The molecule has 0 aliphatic heterocycles. The van der Waals surface area contributed by atoms with Crippen molar-refractivity contribution < 1.29 is 13.5 Å². The second-order valence-electron chi connectivity index (χ2n) is 8.67. The topological polar surface area (TPSA) is 81.3 Å². The highest BCUT2D eigenvalue weighted by Crippen LogP contribution is 2.37. The Morgan fingerprint density at radius 2 is 1.95 bits per heavy atom. The Labute approximate surface area is 223 Å². The summed E-state index contributed by atoms with van der Waals surface area (Å²) in [5.74, 6) is -0.00817. The van der Waals surface area contributed by atoms with Crippen LogP contribution in [0.5, 0.6) is 5.75 Å². The summed E-state index contributed by atoms with van der Waals surface area (Å²) in [6, 6.07) is 16.6. The second-order valence-corrected chi connectivity index (χ2v) is 9.11. The number of nitrogens with zero attached hydrogens (tertiary/aromatic N) is 5. The molecule has 0 spiro atoms. The van der Waals surface area contributed by atoms with E-state index in [0.29, 0.717) is 41.6 Å². The Morgan fingerprint density at radius 3 is 2.76 bits per heavy atom. The van der Waals surface area contributed by atoms with Crippen LogP contribution in [0.2, 0.25) is 5.02 Å². The van der Waals surface area contributed by atoms with Crippen LogP contribution in [0.1, 0.15) is 24.1 Å². The zero-order valence-corrected chi connectivity index (χ0v) is 21.3. The van der Waals surface area contributed by atoms with Crippen molar-refractivity contribution >= 4 is 22.9 Å². The zero-order chi connectivity index (χ0) is 26.5. The van der Waals surface area contributed by atoms with E-state index in [0.717, 1.165) is 11.2 Å². The van der Waals surface area contributed by atoms with Gasteiger partial charge in [0.05, 0.1) is 18.4 Å². The molecule has 0 radical (unpaired) electrons. The maximum Gasteiger partial charge on any atom is 0.387 e. The van der Waals surface area contributed by atoms with Crippen molar-refractivity contribution in [1.29, 1.82) is 0 Å². The second kappa shape index (κ2) is 11.6. The first-order chi connectivity index (χ1) is 18.5. The average Bonchev–Trinajstić information content (AvgIpc) is 3.52. The molecular formula is C27H26ClF2N7O. The summed E-state index contributed by atoms with van der Waals surface area (Å²) in [5.41, 5.74) is 4.23. The van der Waals surface area contributed by atoms with Crippen LogP contribution in [0.4, 0.5) is 14.5 Å². The molecule has 0 bridgehead atoms. The molecule has 11 heteroatoms. The molecule has 38 heavy (non-hydrogen) atoms. The van der Waals surface area contributed by atoms with E-state index in [4.69, 9.17) is 21.4 Å². The highest BCUT2D eigenvalue weighted by molar-refractivity contribution is 6.31. The minimum Gasteiger partial charge on any atom is -0.434 e. The van der Waals surface area contributed by atoms with Crippen molar-refractivity contribution in [2.45, 2.75) is 32.7 Å². The summed E-state index contributed by atoms with van der Waals surface area (Å²) in [7, 11) is 0. The molecule has 2 aromatic carbocycles. The van der Waals surface area contributed by atoms with Gasteiger partial charge >= 0.3 is 6.61 Å². The van der Waals surface area contributed by atoms with E-state index in [1.54, 1.807) is 33.7 Å². The molecule has 2 N–H and O–H groups in total. The van der Waals surface area contributed by atoms with Gasteiger partial charge in [-0.25, -0.2) is 9.50 Å². The zero-order valence-electron chi connectivity index (χ0n) is 20.6. The Hall–Kier alpha value is -4.02. The summed E-state index contributed by atoms with van der Waals surface area (Å²) in [4.78, 5) is 4.39. The fourth-order valence-corrected chi connectivity index (χ4v) is 4.37. The first kappa shape index (κ1) is 25.6.